The molecule has 3 heterocycles. The molecule has 0 radical (unpaired) electrons. The molecule has 0 aromatic carbocycles. The minimum absolute atomic E-state index is 0.0564. The van der Waals surface area contributed by atoms with E-state index in [0.29, 0.717) is 24.1 Å². The number of cyclic esters (lactones) is 1. The van der Waals surface area contributed by atoms with Crippen molar-refractivity contribution in [2.24, 2.45) is 5.92 Å². The Morgan fingerprint density at radius 2 is 2.16 bits per heavy atom. The van der Waals surface area contributed by atoms with E-state index >= 15 is 0 Å². The number of carbonyl (C=O) groups excluding carboxylic acids is 2. The van der Waals surface area contributed by atoms with Gasteiger partial charge in [0.05, 0.1) is 13.1 Å². The minimum atomic E-state index is -1.73. The Bertz CT molecular complexity index is 652. The Balaban J connectivity index is 1.94. The van der Waals surface area contributed by atoms with Crippen LogP contribution in [0, 0.1) is 11.1 Å². The minimum Gasteiger partial charge on any atom is -0.632 e. The summed E-state index contributed by atoms with van der Waals surface area (Å²) in [5.74, 6) is -1.75. The standard InChI is InChI=1S/C18H25NO6/c1-4-12-9-11(2)18(3,22)17(21)24-10-13-5-7-19(23)8-6-14(15(13)19)25-16(12)20/h4-5,11,14-15,22H,6-10H2,1-3H3/t11?,14-,15-,18-,19?/m1/s1. The largest absolute Gasteiger partial charge is 0.632 e. The first kappa shape index (κ1) is 18.1. The van der Waals surface area contributed by atoms with Gasteiger partial charge in [0.15, 0.2) is 17.7 Å². The first-order valence-electron chi connectivity index (χ1n) is 8.71. The number of nitrogens with zero attached hydrogens (tertiary/aromatic N) is 1. The van der Waals surface area contributed by atoms with E-state index in [0.717, 1.165) is 0 Å². The quantitative estimate of drug-likeness (QED) is 0.232. The molecule has 7 nitrogen and oxygen atoms in total. The highest BCUT2D eigenvalue weighted by Gasteiger charge is 2.51. The lowest BCUT2D eigenvalue weighted by atomic mass is 9.85. The maximum Gasteiger partial charge on any atom is 0.338 e. The summed E-state index contributed by atoms with van der Waals surface area (Å²) in [6, 6.07) is -0.531. The predicted molar refractivity (Wildman–Crippen MR) is 88.9 cm³/mol. The fraction of sp³-hybridized carbons (Fsp3) is 0.667. The number of quaternary nitrogens is 1. The van der Waals surface area contributed by atoms with Crippen molar-refractivity contribution in [3.05, 3.63) is 28.5 Å². The molecule has 138 valence electrons. The van der Waals surface area contributed by atoms with Gasteiger partial charge < -0.3 is 24.4 Å². The third kappa shape index (κ3) is 3.01. The lowest BCUT2D eigenvalue weighted by Gasteiger charge is -2.41. The van der Waals surface area contributed by atoms with Crippen LogP contribution in [0.25, 0.3) is 0 Å². The summed E-state index contributed by atoms with van der Waals surface area (Å²) in [6.07, 6.45) is 3.57. The number of aliphatic hydroxyl groups is 1. The van der Waals surface area contributed by atoms with Crippen LogP contribution in [-0.2, 0) is 19.1 Å². The molecule has 0 aromatic heterocycles. The van der Waals surface area contributed by atoms with Crippen LogP contribution in [0.15, 0.2) is 23.3 Å². The number of ether oxygens (including phenoxy) is 2. The number of carbonyl (C=O) groups is 2. The second kappa shape index (κ2) is 6.23. The number of rotatable bonds is 0. The van der Waals surface area contributed by atoms with Crippen molar-refractivity contribution < 1.29 is 28.8 Å². The topological polar surface area (TPSA) is 95.9 Å². The van der Waals surface area contributed by atoms with Gasteiger partial charge in [0.1, 0.15) is 6.61 Å². The first-order valence-corrected chi connectivity index (χ1v) is 8.71. The molecule has 0 bridgehead atoms. The van der Waals surface area contributed by atoms with Crippen molar-refractivity contribution in [1.82, 2.24) is 0 Å². The predicted octanol–water partition coefficient (Wildman–Crippen LogP) is 1.21. The molecule has 2 saturated heterocycles. The highest BCUT2D eigenvalue weighted by molar-refractivity contribution is 5.89. The van der Waals surface area contributed by atoms with E-state index in [4.69, 9.17) is 9.47 Å². The van der Waals surface area contributed by atoms with Crippen LogP contribution in [0.2, 0.25) is 0 Å². The second-order valence-electron chi connectivity index (χ2n) is 7.46. The number of hydrogen-bond acceptors (Lipinski definition) is 6. The van der Waals surface area contributed by atoms with Crippen molar-refractivity contribution in [3.8, 4) is 0 Å². The van der Waals surface area contributed by atoms with E-state index in [1.807, 2.05) is 0 Å². The number of hydroxylamine groups is 3. The van der Waals surface area contributed by atoms with Gasteiger partial charge in [-0.25, -0.2) is 9.59 Å². The summed E-state index contributed by atoms with van der Waals surface area (Å²) in [5, 5.41) is 23.5. The molecule has 2 unspecified atom stereocenters. The summed E-state index contributed by atoms with van der Waals surface area (Å²) >= 11 is 0. The SMILES string of the molecule is CC=C1CC(C)[C@@](C)(O)C(=O)OCC2=CC[N+]3([O-])CC[C@@H](OC1=O)[C@@H]23. The van der Waals surface area contributed by atoms with Crippen LogP contribution >= 0.6 is 0 Å². The Labute approximate surface area is 147 Å². The van der Waals surface area contributed by atoms with E-state index < -0.39 is 40.2 Å². The zero-order valence-corrected chi connectivity index (χ0v) is 14.9. The van der Waals surface area contributed by atoms with Crippen LogP contribution in [0.3, 0.4) is 0 Å². The van der Waals surface area contributed by atoms with Crippen LogP contribution in [0.4, 0.5) is 0 Å². The first-order chi connectivity index (χ1) is 11.7. The van der Waals surface area contributed by atoms with Gasteiger partial charge >= 0.3 is 11.9 Å². The van der Waals surface area contributed by atoms with Gasteiger partial charge in [-0.05, 0) is 32.3 Å². The molecule has 0 spiro atoms. The molecule has 7 heteroatoms. The molecule has 25 heavy (non-hydrogen) atoms. The summed E-state index contributed by atoms with van der Waals surface area (Å²) in [6.45, 7) is 5.39. The number of hydrogen-bond donors (Lipinski definition) is 1. The van der Waals surface area contributed by atoms with Gasteiger partial charge in [-0.1, -0.05) is 13.0 Å². The maximum atomic E-state index is 12.9. The summed E-state index contributed by atoms with van der Waals surface area (Å²) < 4.78 is 10.5. The molecule has 0 saturated carbocycles. The smallest absolute Gasteiger partial charge is 0.338 e. The molecule has 3 aliphatic heterocycles. The third-order valence-corrected chi connectivity index (χ3v) is 5.83. The Kier molecular flexibility index (Phi) is 4.51. The van der Waals surface area contributed by atoms with E-state index in [9.17, 15) is 19.9 Å². The summed E-state index contributed by atoms with van der Waals surface area (Å²) in [5.41, 5.74) is -0.670. The van der Waals surface area contributed by atoms with Gasteiger partial charge in [0.2, 0.25) is 0 Å². The van der Waals surface area contributed by atoms with Gasteiger partial charge in [-0.2, -0.15) is 0 Å². The van der Waals surface area contributed by atoms with Crippen LogP contribution in [0.5, 0.6) is 0 Å². The number of esters is 2. The van der Waals surface area contributed by atoms with Crippen molar-refractivity contribution in [2.45, 2.75) is 51.4 Å². The molecular formula is C18H25NO6. The highest BCUT2D eigenvalue weighted by atomic mass is 16.6. The lowest BCUT2D eigenvalue weighted by molar-refractivity contribution is -0.877. The van der Waals surface area contributed by atoms with Gasteiger partial charge in [-0.3, -0.25) is 0 Å². The van der Waals surface area contributed by atoms with E-state index in [1.54, 1.807) is 26.0 Å². The fourth-order valence-corrected chi connectivity index (χ4v) is 3.91. The highest BCUT2D eigenvalue weighted by Crippen LogP contribution is 2.39. The van der Waals surface area contributed by atoms with Crippen molar-refractivity contribution >= 4 is 11.9 Å². The zero-order chi connectivity index (χ0) is 18.4. The normalized spacial score (nSPS) is 43.6. The summed E-state index contributed by atoms with van der Waals surface area (Å²) in [7, 11) is 0. The monoisotopic (exact) mass is 351 g/mol. The van der Waals surface area contributed by atoms with Crippen molar-refractivity contribution in [2.75, 3.05) is 19.7 Å². The molecule has 0 amide bonds. The second-order valence-corrected chi connectivity index (χ2v) is 7.46. The van der Waals surface area contributed by atoms with Crippen LogP contribution in [-0.4, -0.2) is 59.1 Å². The van der Waals surface area contributed by atoms with E-state index in [1.165, 1.54) is 6.92 Å². The summed E-state index contributed by atoms with van der Waals surface area (Å²) in [4.78, 5) is 24.9. The molecule has 0 aromatic rings. The van der Waals surface area contributed by atoms with Crippen LogP contribution < -0.4 is 0 Å². The molecule has 2 fully saturated rings. The molecule has 3 aliphatic rings. The fourth-order valence-electron chi connectivity index (χ4n) is 3.91. The molecule has 5 atom stereocenters. The molecule has 3 rings (SSSR count). The zero-order valence-electron chi connectivity index (χ0n) is 14.9. The molecule has 0 aliphatic carbocycles. The Morgan fingerprint density at radius 3 is 2.84 bits per heavy atom. The van der Waals surface area contributed by atoms with Crippen molar-refractivity contribution in [3.63, 3.8) is 0 Å². The van der Waals surface area contributed by atoms with Gasteiger partial charge in [0, 0.05) is 17.6 Å². The molecule has 1 N–H and O–H groups in total. The van der Waals surface area contributed by atoms with E-state index in [2.05, 4.69) is 0 Å². The van der Waals surface area contributed by atoms with E-state index in [-0.39, 0.29) is 19.6 Å². The molecular weight excluding hydrogens is 326 g/mol. The average Bonchev–Trinajstić information content (AvgIpc) is 3.05. The van der Waals surface area contributed by atoms with Crippen LogP contribution in [0.1, 0.15) is 33.6 Å². The van der Waals surface area contributed by atoms with Gasteiger partial charge in [0.25, 0.3) is 0 Å². The lowest BCUT2D eigenvalue weighted by Crippen LogP contribution is -2.49. The average molecular weight is 351 g/mol. The maximum absolute atomic E-state index is 12.9. The third-order valence-electron chi connectivity index (χ3n) is 5.83. The van der Waals surface area contributed by atoms with Gasteiger partial charge in [-0.15, -0.1) is 0 Å². The Morgan fingerprint density at radius 1 is 1.44 bits per heavy atom. The van der Waals surface area contributed by atoms with Crippen molar-refractivity contribution in [1.29, 1.82) is 0 Å². The Hall–Kier alpha value is -1.70. The number of allylic oxidation sites excluding steroid dienone is 1.